The fourth-order valence-corrected chi connectivity index (χ4v) is 3.41. The summed E-state index contributed by atoms with van der Waals surface area (Å²) in [4.78, 5) is 35.8. The van der Waals surface area contributed by atoms with Gasteiger partial charge < -0.3 is 24.1 Å². The maximum atomic E-state index is 12.2. The second-order valence-electron chi connectivity index (χ2n) is 8.23. The number of anilines is 1. The first-order valence-corrected chi connectivity index (χ1v) is 12.7. The molecule has 0 spiro atoms. The van der Waals surface area contributed by atoms with Crippen molar-refractivity contribution in [3.63, 3.8) is 0 Å². The highest BCUT2D eigenvalue weighted by atomic mass is 16.7. The molecule has 1 amide bonds. The molecule has 0 aromatic heterocycles. The van der Waals surface area contributed by atoms with Crippen LogP contribution in [-0.2, 0) is 9.47 Å². The lowest BCUT2D eigenvalue weighted by molar-refractivity contribution is 0.0687. The van der Waals surface area contributed by atoms with Crippen LogP contribution in [0.5, 0.6) is 11.5 Å². The van der Waals surface area contributed by atoms with Gasteiger partial charge in [0.25, 0.3) is 0 Å². The van der Waals surface area contributed by atoms with Crippen LogP contribution >= 0.6 is 0 Å². The average Bonchev–Trinajstić information content (AvgIpc) is 2.82. The number of benzene rings is 1. The third kappa shape index (κ3) is 12.9. The monoisotopic (exact) mass is 495 g/mol. The Morgan fingerprint density at radius 2 is 1.43 bits per heavy atom. The number of nitrogens with one attached hydrogen (secondary N) is 1. The first kappa shape index (κ1) is 30.1. The van der Waals surface area contributed by atoms with Crippen LogP contribution in [0.2, 0.25) is 0 Å². The molecule has 0 unspecified atom stereocenters. The highest BCUT2D eigenvalue weighted by Gasteiger charge is 2.23. The maximum absolute atomic E-state index is 12.2. The van der Waals surface area contributed by atoms with Gasteiger partial charge in [0.15, 0.2) is 11.5 Å². The van der Waals surface area contributed by atoms with Gasteiger partial charge in [-0.05, 0) is 25.8 Å². The van der Waals surface area contributed by atoms with Crippen LogP contribution in [0.1, 0.15) is 102 Å². The van der Waals surface area contributed by atoms with Gasteiger partial charge in [-0.1, -0.05) is 71.6 Å². The van der Waals surface area contributed by atoms with E-state index in [4.69, 9.17) is 18.9 Å². The molecule has 1 rings (SSSR count). The van der Waals surface area contributed by atoms with Crippen molar-refractivity contribution in [3.8, 4) is 11.5 Å². The van der Waals surface area contributed by atoms with Crippen LogP contribution in [0.3, 0.4) is 0 Å². The average molecular weight is 496 g/mol. The maximum Gasteiger partial charge on any atom is 0.513 e. The number of carbonyl (C=O) groups is 3. The van der Waals surface area contributed by atoms with Gasteiger partial charge in [0.05, 0.1) is 19.8 Å². The van der Waals surface area contributed by atoms with E-state index in [0.717, 1.165) is 19.3 Å². The molecule has 0 aliphatic rings. The van der Waals surface area contributed by atoms with E-state index in [9.17, 15) is 19.5 Å². The molecule has 0 aliphatic heterocycles. The molecule has 0 bridgehead atoms. The minimum atomic E-state index is -1.35. The van der Waals surface area contributed by atoms with Gasteiger partial charge in [0.1, 0.15) is 5.56 Å². The number of carboxylic acids is 1. The van der Waals surface area contributed by atoms with Gasteiger partial charge in [0.2, 0.25) is 0 Å². The lowest BCUT2D eigenvalue weighted by atomic mass is 10.1. The summed E-state index contributed by atoms with van der Waals surface area (Å²) in [5.41, 5.74) is -0.206. The van der Waals surface area contributed by atoms with Gasteiger partial charge in [0, 0.05) is 11.8 Å². The van der Waals surface area contributed by atoms with Crippen molar-refractivity contribution in [2.24, 2.45) is 0 Å². The van der Waals surface area contributed by atoms with Crippen molar-refractivity contribution in [2.45, 2.75) is 91.4 Å². The number of unbranched alkanes of at least 4 members (excludes halogenated alkanes) is 9. The summed E-state index contributed by atoms with van der Waals surface area (Å²) in [6.45, 7) is 6.32. The van der Waals surface area contributed by atoms with Gasteiger partial charge in [-0.2, -0.15) is 0 Å². The molecule has 35 heavy (non-hydrogen) atoms. The Balaban J connectivity index is 2.56. The van der Waals surface area contributed by atoms with E-state index < -0.39 is 18.2 Å². The van der Waals surface area contributed by atoms with Crippen LogP contribution in [0.4, 0.5) is 15.3 Å². The van der Waals surface area contributed by atoms with E-state index in [2.05, 4.69) is 12.2 Å². The fourth-order valence-electron chi connectivity index (χ4n) is 3.41. The molecular weight excluding hydrogens is 454 g/mol. The number of ether oxygens (including phenoxy) is 4. The fraction of sp³-hybridized carbons (Fsp3) is 0.654. The summed E-state index contributed by atoms with van der Waals surface area (Å²) >= 11 is 0. The first-order valence-electron chi connectivity index (χ1n) is 12.7. The highest BCUT2D eigenvalue weighted by Crippen LogP contribution is 2.35. The van der Waals surface area contributed by atoms with Gasteiger partial charge >= 0.3 is 18.2 Å². The molecule has 1 aromatic carbocycles. The van der Waals surface area contributed by atoms with E-state index in [1.165, 1.54) is 57.1 Å². The first-order chi connectivity index (χ1) is 16.9. The Hall–Kier alpha value is -2.97. The summed E-state index contributed by atoms with van der Waals surface area (Å²) in [6, 6.07) is 2.55. The summed E-state index contributed by atoms with van der Waals surface area (Å²) in [6.07, 6.45) is 10.6. The van der Waals surface area contributed by atoms with E-state index in [0.29, 0.717) is 6.42 Å². The van der Waals surface area contributed by atoms with Gasteiger partial charge in [-0.15, -0.1) is 0 Å². The van der Waals surface area contributed by atoms with E-state index >= 15 is 0 Å². The second-order valence-corrected chi connectivity index (χ2v) is 8.23. The zero-order valence-corrected chi connectivity index (χ0v) is 21.4. The normalized spacial score (nSPS) is 10.5. The van der Waals surface area contributed by atoms with E-state index in [-0.39, 0.29) is 42.6 Å². The predicted molar refractivity (Wildman–Crippen MR) is 134 cm³/mol. The van der Waals surface area contributed by atoms with Crippen LogP contribution in [0.15, 0.2) is 12.1 Å². The summed E-state index contributed by atoms with van der Waals surface area (Å²) in [5.74, 6) is -1.65. The third-order valence-electron chi connectivity index (χ3n) is 5.17. The predicted octanol–water partition coefficient (Wildman–Crippen LogP) is 7.18. The summed E-state index contributed by atoms with van der Waals surface area (Å²) < 4.78 is 20.6. The van der Waals surface area contributed by atoms with Crippen molar-refractivity contribution >= 4 is 23.9 Å². The van der Waals surface area contributed by atoms with Crippen LogP contribution < -0.4 is 14.8 Å². The van der Waals surface area contributed by atoms with Gasteiger partial charge in [-0.25, -0.2) is 14.4 Å². The molecule has 0 radical (unpaired) electrons. The number of hydrogen-bond donors (Lipinski definition) is 2. The Kier molecular flexibility index (Phi) is 15.8. The number of rotatable bonds is 18. The molecule has 198 valence electrons. The minimum absolute atomic E-state index is 0.00848. The Morgan fingerprint density at radius 3 is 2.00 bits per heavy atom. The van der Waals surface area contributed by atoms with E-state index in [1.807, 2.05) is 6.92 Å². The van der Waals surface area contributed by atoms with E-state index in [1.54, 1.807) is 6.92 Å². The van der Waals surface area contributed by atoms with Crippen molar-refractivity contribution in [1.29, 1.82) is 0 Å². The quantitative estimate of drug-likeness (QED) is 0.125. The number of amides is 1. The molecular formula is C26H41NO8. The van der Waals surface area contributed by atoms with Crippen molar-refractivity contribution < 1.29 is 38.4 Å². The largest absolute Gasteiger partial charge is 0.513 e. The molecule has 9 nitrogen and oxygen atoms in total. The SMILES string of the molecule is CCCCCCCCCCCCOC(=O)Nc1cc(OCC)c(OC(=O)OCCC)c(C(=O)O)c1. The topological polar surface area (TPSA) is 120 Å². The molecule has 0 atom stereocenters. The zero-order valence-electron chi connectivity index (χ0n) is 21.4. The molecule has 0 saturated heterocycles. The summed E-state index contributed by atoms with van der Waals surface area (Å²) in [7, 11) is 0. The Morgan fingerprint density at radius 1 is 0.800 bits per heavy atom. The Bertz CT molecular complexity index is 781. The Labute approximate surface area is 208 Å². The zero-order chi connectivity index (χ0) is 25.9. The molecule has 1 aromatic rings. The smallest absolute Gasteiger partial charge is 0.490 e. The molecule has 2 N–H and O–H groups in total. The minimum Gasteiger partial charge on any atom is -0.490 e. The third-order valence-corrected chi connectivity index (χ3v) is 5.17. The van der Waals surface area contributed by atoms with Crippen molar-refractivity contribution in [1.82, 2.24) is 0 Å². The van der Waals surface area contributed by atoms with Gasteiger partial charge in [-0.3, -0.25) is 5.32 Å². The molecule has 0 heterocycles. The molecule has 9 heteroatoms. The lowest BCUT2D eigenvalue weighted by Crippen LogP contribution is -2.17. The van der Waals surface area contributed by atoms with Crippen molar-refractivity contribution in [3.05, 3.63) is 17.7 Å². The molecule has 0 fully saturated rings. The number of carbonyl (C=O) groups excluding carboxylic acids is 2. The van der Waals surface area contributed by atoms with Crippen LogP contribution in [0.25, 0.3) is 0 Å². The number of carboxylic acid groups (broad SMARTS) is 1. The highest BCUT2D eigenvalue weighted by molar-refractivity contribution is 5.96. The molecule has 0 saturated carbocycles. The second kappa shape index (κ2) is 18.4. The van der Waals surface area contributed by atoms with Crippen molar-refractivity contribution in [2.75, 3.05) is 25.1 Å². The summed E-state index contributed by atoms with van der Waals surface area (Å²) in [5, 5.41) is 12.1. The number of hydrogen-bond acceptors (Lipinski definition) is 7. The standard InChI is InChI=1S/C26H41NO8/c1-4-7-8-9-10-11-12-13-14-15-17-33-25(30)27-20-18-21(24(28)29)23(22(19-20)32-6-3)35-26(31)34-16-5-2/h18-19H,4-17H2,1-3H3,(H,27,30)(H,28,29). The number of aromatic carboxylic acids is 1. The molecule has 0 aliphatic carbocycles. The van der Waals surface area contributed by atoms with Crippen LogP contribution in [0, 0.1) is 0 Å². The van der Waals surface area contributed by atoms with Crippen LogP contribution in [-0.4, -0.2) is 43.1 Å². The lowest BCUT2D eigenvalue weighted by Gasteiger charge is -2.15.